The molecule has 0 unspecified atom stereocenters. The van der Waals surface area contributed by atoms with E-state index in [0.29, 0.717) is 12.8 Å². The van der Waals surface area contributed by atoms with Crippen molar-refractivity contribution in [3.05, 3.63) is 24.3 Å². The highest BCUT2D eigenvalue weighted by Crippen LogP contribution is 2.16. The molecule has 1 aromatic carbocycles. The Hall–Kier alpha value is -1.84. The number of hydrogen-bond acceptors (Lipinski definition) is 2. The zero-order chi connectivity index (χ0) is 23.3. The molecular formula is C28H48N2O2. The predicted octanol–water partition coefficient (Wildman–Crippen LogP) is 8.63. The van der Waals surface area contributed by atoms with Gasteiger partial charge in [-0.2, -0.15) is 0 Å². The van der Waals surface area contributed by atoms with E-state index >= 15 is 0 Å². The van der Waals surface area contributed by atoms with E-state index in [9.17, 15) is 9.59 Å². The van der Waals surface area contributed by atoms with E-state index in [0.717, 1.165) is 37.1 Å². The maximum atomic E-state index is 12.1. The number of benzene rings is 1. The Bertz CT molecular complexity index is 545. The largest absolute Gasteiger partial charge is 0.326 e. The minimum absolute atomic E-state index is 0.0717. The average molecular weight is 445 g/mol. The van der Waals surface area contributed by atoms with Crippen LogP contribution in [0.5, 0.6) is 0 Å². The van der Waals surface area contributed by atoms with Gasteiger partial charge in [-0.1, -0.05) is 104 Å². The van der Waals surface area contributed by atoms with Gasteiger partial charge >= 0.3 is 0 Å². The van der Waals surface area contributed by atoms with Gasteiger partial charge < -0.3 is 10.6 Å². The molecule has 32 heavy (non-hydrogen) atoms. The third kappa shape index (κ3) is 15.9. The lowest BCUT2D eigenvalue weighted by molar-refractivity contribution is -0.117. The third-order valence-corrected chi connectivity index (χ3v) is 5.97. The van der Waals surface area contributed by atoms with Crippen LogP contribution < -0.4 is 10.6 Å². The number of amides is 2. The van der Waals surface area contributed by atoms with Crippen LogP contribution in [0.15, 0.2) is 24.3 Å². The molecule has 0 aromatic heterocycles. The third-order valence-electron chi connectivity index (χ3n) is 5.97. The summed E-state index contributed by atoms with van der Waals surface area (Å²) in [4.78, 5) is 24.2. The van der Waals surface area contributed by atoms with Crippen LogP contribution >= 0.6 is 0 Å². The molecule has 0 fully saturated rings. The van der Waals surface area contributed by atoms with E-state index < -0.39 is 0 Å². The molecule has 0 aliphatic heterocycles. The first-order chi connectivity index (χ1) is 15.7. The van der Waals surface area contributed by atoms with Crippen molar-refractivity contribution in [2.24, 2.45) is 0 Å². The van der Waals surface area contributed by atoms with Crippen LogP contribution in [0.25, 0.3) is 0 Å². The lowest BCUT2D eigenvalue weighted by Crippen LogP contribution is -2.12. The standard InChI is InChI=1S/C28H48N2O2/c1-3-5-7-9-11-13-15-17-19-27(31)29-25-21-23-26(24-22-25)30-28(32)20-18-16-14-12-10-8-6-4-2/h21-24H,3-20H2,1-2H3,(H,29,31)(H,30,32). The van der Waals surface area contributed by atoms with Crippen LogP contribution in [0.4, 0.5) is 11.4 Å². The Balaban J connectivity index is 2.10. The van der Waals surface area contributed by atoms with Crippen molar-refractivity contribution in [3.63, 3.8) is 0 Å². The molecule has 1 aromatic rings. The lowest BCUT2D eigenvalue weighted by Gasteiger charge is -2.08. The Morgan fingerprint density at radius 2 is 0.781 bits per heavy atom. The molecule has 1 rings (SSSR count). The molecule has 0 heterocycles. The normalized spacial score (nSPS) is 10.8. The second-order valence-electron chi connectivity index (χ2n) is 9.12. The predicted molar refractivity (Wildman–Crippen MR) is 138 cm³/mol. The molecule has 4 heteroatoms. The average Bonchev–Trinajstić information content (AvgIpc) is 2.78. The monoisotopic (exact) mass is 444 g/mol. The fourth-order valence-corrected chi connectivity index (χ4v) is 3.92. The van der Waals surface area contributed by atoms with Crippen LogP contribution in [-0.2, 0) is 9.59 Å². The van der Waals surface area contributed by atoms with Crippen molar-refractivity contribution >= 4 is 23.2 Å². The number of unbranched alkanes of at least 4 members (excludes halogenated alkanes) is 14. The van der Waals surface area contributed by atoms with E-state index in [1.165, 1.54) is 77.0 Å². The molecule has 182 valence electrons. The Morgan fingerprint density at radius 1 is 0.500 bits per heavy atom. The molecule has 0 saturated carbocycles. The highest BCUT2D eigenvalue weighted by Gasteiger charge is 2.05. The van der Waals surface area contributed by atoms with Crippen LogP contribution in [-0.4, -0.2) is 11.8 Å². The molecule has 4 nitrogen and oxygen atoms in total. The van der Waals surface area contributed by atoms with E-state index in [1.54, 1.807) is 0 Å². The van der Waals surface area contributed by atoms with E-state index in [2.05, 4.69) is 24.5 Å². The number of rotatable bonds is 20. The van der Waals surface area contributed by atoms with Gasteiger partial charge in [0.2, 0.25) is 11.8 Å². The molecule has 2 N–H and O–H groups in total. The zero-order valence-electron chi connectivity index (χ0n) is 20.9. The van der Waals surface area contributed by atoms with Gasteiger partial charge in [-0.3, -0.25) is 9.59 Å². The maximum absolute atomic E-state index is 12.1. The zero-order valence-corrected chi connectivity index (χ0v) is 20.9. The number of carbonyl (C=O) groups is 2. The summed E-state index contributed by atoms with van der Waals surface area (Å²) >= 11 is 0. The molecule has 0 aliphatic rings. The quantitative estimate of drug-likeness (QED) is 0.198. The van der Waals surface area contributed by atoms with Crippen molar-refractivity contribution < 1.29 is 9.59 Å². The van der Waals surface area contributed by atoms with E-state index in [1.807, 2.05) is 24.3 Å². The fourth-order valence-electron chi connectivity index (χ4n) is 3.92. The highest BCUT2D eigenvalue weighted by atomic mass is 16.2. The smallest absolute Gasteiger partial charge is 0.224 e. The van der Waals surface area contributed by atoms with Crippen LogP contribution in [0.3, 0.4) is 0 Å². The second kappa shape index (κ2) is 19.8. The lowest BCUT2D eigenvalue weighted by atomic mass is 10.1. The van der Waals surface area contributed by atoms with Crippen molar-refractivity contribution in [1.29, 1.82) is 0 Å². The summed E-state index contributed by atoms with van der Waals surface area (Å²) in [5.74, 6) is 0.143. The Kier molecular flexibility index (Phi) is 17.5. The first-order valence-corrected chi connectivity index (χ1v) is 13.4. The SMILES string of the molecule is CCCCCCCCCCC(=O)Nc1ccc(NC(=O)CCCCCCCCCC)cc1. The number of hydrogen-bond donors (Lipinski definition) is 2. The van der Waals surface area contributed by atoms with Crippen LogP contribution in [0.1, 0.15) is 129 Å². The molecule has 0 saturated heterocycles. The molecule has 2 amide bonds. The van der Waals surface area contributed by atoms with Gasteiger partial charge in [0.15, 0.2) is 0 Å². The summed E-state index contributed by atoms with van der Waals surface area (Å²) in [6.45, 7) is 4.47. The summed E-state index contributed by atoms with van der Waals surface area (Å²) in [6, 6.07) is 7.43. The highest BCUT2D eigenvalue weighted by molar-refractivity contribution is 5.92. The molecule has 0 radical (unpaired) electrons. The summed E-state index contributed by atoms with van der Waals surface area (Å²) in [5, 5.41) is 5.91. The first-order valence-electron chi connectivity index (χ1n) is 13.4. The van der Waals surface area contributed by atoms with Crippen LogP contribution in [0.2, 0.25) is 0 Å². The van der Waals surface area contributed by atoms with Crippen molar-refractivity contribution in [2.75, 3.05) is 10.6 Å². The molecule has 0 aliphatic carbocycles. The molecular weight excluding hydrogens is 396 g/mol. The van der Waals surface area contributed by atoms with E-state index in [-0.39, 0.29) is 11.8 Å². The van der Waals surface area contributed by atoms with Gasteiger partial charge in [0.05, 0.1) is 0 Å². The van der Waals surface area contributed by atoms with Gasteiger partial charge in [-0.15, -0.1) is 0 Å². The van der Waals surface area contributed by atoms with Gasteiger partial charge in [0.25, 0.3) is 0 Å². The summed E-state index contributed by atoms with van der Waals surface area (Å²) in [7, 11) is 0. The molecule has 0 atom stereocenters. The number of carbonyl (C=O) groups excluding carboxylic acids is 2. The first kappa shape index (κ1) is 28.2. The topological polar surface area (TPSA) is 58.2 Å². The molecule has 0 bridgehead atoms. The summed E-state index contributed by atoms with van der Waals surface area (Å²) < 4.78 is 0. The second-order valence-corrected chi connectivity index (χ2v) is 9.12. The van der Waals surface area contributed by atoms with E-state index in [4.69, 9.17) is 0 Å². The summed E-state index contributed by atoms with van der Waals surface area (Å²) in [5.41, 5.74) is 1.58. The molecule has 0 spiro atoms. The van der Waals surface area contributed by atoms with Gasteiger partial charge in [0.1, 0.15) is 0 Å². The number of anilines is 2. The number of nitrogens with one attached hydrogen (secondary N) is 2. The van der Waals surface area contributed by atoms with Crippen LogP contribution in [0, 0.1) is 0 Å². The summed E-state index contributed by atoms with van der Waals surface area (Å²) in [6.07, 6.45) is 20.9. The minimum atomic E-state index is 0.0717. The van der Waals surface area contributed by atoms with Crippen molar-refractivity contribution in [3.8, 4) is 0 Å². The fraction of sp³-hybridized carbons (Fsp3) is 0.714. The Labute approximate surface area is 197 Å². The Morgan fingerprint density at radius 3 is 1.09 bits per heavy atom. The minimum Gasteiger partial charge on any atom is -0.326 e. The van der Waals surface area contributed by atoms with Crippen molar-refractivity contribution in [2.45, 2.75) is 129 Å². The van der Waals surface area contributed by atoms with Crippen molar-refractivity contribution in [1.82, 2.24) is 0 Å². The van der Waals surface area contributed by atoms with Gasteiger partial charge in [-0.05, 0) is 37.1 Å². The van der Waals surface area contributed by atoms with Gasteiger partial charge in [-0.25, -0.2) is 0 Å². The van der Waals surface area contributed by atoms with Gasteiger partial charge in [0, 0.05) is 24.2 Å². The maximum Gasteiger partial charge on any atom is 0.224 e.